The first-order valence-electron chi connectivity index (χ1n) is 11.6. The highest BCUT2D eigenvalue weighted by Crippen LogP contribution is 2.41. The van der Waals surface area contributed by atoms with E-state index in [1.165, 1.54) is 16.9 Å². The molecule has 3 aromatic carbocycles. The summed E-state index contributed by atoms with van der Waals surface area (Å²) in [4.78, 5) is 30.6. The van der Waals surface area contributed by atoms with Crippen LogP contribution in [0.5, 0.6) is 5.75 Å². The van der Waals surface area contributed by atoms with E-state index in [4.69, 9.17) is 9.73 Å². The van der Waals surface area contributed by atoms with Crippen molar-refractivity contribution < 1.29 is 14.6 Å². The number of aryl methyl sites for hydroxylation is 1. The third-order valence-electron chi connectivity index (χ3n) is 6.76. The highest BCUT2D eigenvalue weighted by Gasteiger charge is 2.32. The van der Waals surface area contributed by atoms with Gasteiger partial charge in [-0.2, -0.15) is 0 Å². The molecule has 2 heterocycles. The second-order valence-corrected chi connectivity index (χ2v) is 9.82. The Morgan fingerprint density at radius 1 is 1.06 bits per heavy atom. The highest BCUT2D eigenvalue weighted by molar-refractivity contribution is 7.07. The van der Waals surface area contributed by atoms with Crippen molar-refractivity contribution in [2.75, 3.05) is 7.11 Å². The van der Waals surface area contributed by atoms with Gasteiger partial charge in [-0.05, 0) is 65.4 Å². The fourth-order valence-electron chi connectivity index (χ4n) is 4.98. The Morgan fingerprint density at radius 2 is 1.81 bits per heavy atom. The molecule has 0 fully saturated rings. The van der Waals surface area contributed by atoms with Crippen LogP contribution in [-0.4, -0.2) is 22.8 Å². The molecular formula is C29H22N2O4S. The van der Waals surface area contributed by atoms with Gasteiger partial charge in [-0.15, -0.1) is 0 Å². The van der Waals surface area contributed by atoms with Crippen molar-refractivity contribution in [2.24, 2.45) is 4.99 Å². The van der Waals surface area contributed by atoms with Gasteiger partial charge in [0.15, 0.2) is 4.80 Å². The Balaban J connectivity index is 1.56. The lowest BCUT2D eigenvalue weighted by Crippen LogP contribution is -2.38. The summed E-state index contributed by atoms with van der Waals surface area (Å²) in [6, 6.07) is 22.5. The third-order valence-corrected chi connectivity index (χ3v) is 7.74. The van der Waals surface area contributed by atoms with Crippen molar-refractivity contribution in [1.82, 2.24) is 4.57 Å². The summed E-state index contributed by atoms with van der Waals surface area (Å²) in [5.41, 5.74) is 6.37. The Hall–Kier alpha value is -4.23. The zero-order chi connectivity index (χ0) is 24.8. The van der Waals surface area contributed by atoms with Crippen molar-refractivity contribution in [3.05, 3.63) is 126 Å². The molecule has 1 aromatic heterocycles. The van der Waals surface area contributed by atoms with Crippen molar-refractivity contribution in [3.63, 3.8) is 0 Å². The van der Waals surface area contributed by atoms with Gasteiger partial charge in [0.05, 0.1) is 28.9 Å². The van der Waals surface area contributed by atoms with E-state index in [0.717, 1.165) is 46.6 Å². The van der Waals surface area contributed by atoms with Crippen LogP contribution in [-0.2, 0) is 6.42 Å². The van der Waals surface area contributed by atoms with E-state index in [1.54, 1.807) is 42.0 Å². The molecule has 0 unspecified atom stereocenters. The number of fused-ring (bicyclic) bond motifs is 3. The van der Waals surface area contributed by atoms with Gasteiger partial charge in [0.2, 0.25) is 0 Å². The Labute approximate surface area is 210 Å². The predicted octanol–water partition coefficient (Wildman–Crippen LogP) is 4.03. The summed E-state index contributed by atoms with van der Waals surface area (Å²) in [5.74, 6) is -0.217. The van der Waals surface area contributed by atoms with Crippen LogP contribution in [0.25, 0.3) is 11.8 Å². The van der Waals surface area contributed by atoms with Crippen LogP contribution in [0.2, 0.25) is 0 Å². The minimum atomic E-state index is -0.980. The number of hydrogen-bond acceptors (Lipinski definition) is 5. The SMILES string of the molecule is COc1ccc([C@H]2C3=C(N=c4s/c(=C/c5ccc(C(=O)O)cc5)c(=O)n42)c2ccccc2CC3)cc1. The number of allylic oxidation sites excluding steroid dienone is 1. The van der Waals surface area contributed by atoms with Gasteiger partial charge in [0.1, 0.15) is 5.75 Å². The lowest BCUT2D eigenvalue weighted by Gasteiger charge is -2.30. The zero-order valence-corrected chi connectivity index (χ0v) is 20.3. The van der Waals surface area contributed by atoms with E-state index in [2.05, 4.69) is 18.2 Å². The quantitative estimate of drug-likeness (QED) is 0.465. The lowest BCUT2D eigenvalue weighted by atomic mass is 9.83. The van der Waals surface area contributed by atoms with E-state index in [9.17, 15) is 14.7 Å². The topological polar surface area (TPSA) is 80.9 Å². The average molecular weight is 495 g/mol. The summed E-state index contributed by atoms with van der Waals surface area (Å²) in [6.07, 6.45) is 3.53. The highest BCUT2D eigenvalue weighted by atomic mass is 32.1. The molecular weight excluding hydrogens is 472 g/mol. The smallest absolute Gasteiger partial charge is 0.335 e. The van der Waals surface area contributed by atoms with Gasteiger partial charge in [0.25, 0.3) is 5.56 Å². The van der Waals surface area contributed by atoms with Crippen LogP contribution in [0.4, 0.5) is 0 Å². The fourth-order valence-corrected chi connectivity index (χ4v) is 5.98. The number of aromatic nitrogens is 1. The fraction of sp³-hybridized carbons (Fsp3) is 0.138. The molecule has 0 saturated heterocycles. The number of hydrogen-bond donors (Lipinski definition) is 1. The van der Waals surface area contributed by atoms with Crippen molar-refractivity contribution in [2.45, 2.75) is 18.9 Å². The van der Waals surface area contributed by atoms with Gasteiger partial charge in [0, 0.05) is 5.56 Å². The first-order chi connectivity index (χ1) is 17.5. The van der Waals surface area contributed by atoms with Crippen molar-refractivity contribution in [3.8, 4) is 5.75 Å². The number of carbonyl (C=O) groups is 1. The molecule has 1 aliphatic carbocycles. The summed E-state index contributed by atoms with van der Waals surface area (Å²) >= 11 is 1.36. The van der Waals surface area contributed by atoms with E-state index < -0.39 is 5.97 Å². The van der Waals surface area contributed by atoms with E-state index in [0.29, 0.717) is 9.33 Å². The van der Waals surface area contributed by atoms with Crippen LogP contribution in [0.15, 0.2) is 88.2 Å². The monoisotopic (exact) mass is 494 g/mol. The van der Waals surface area contributed by atoms with Crippen LogP contribution in [0.3, 0.4) is 0 Å². The van der Waals surface area contributed by atoms with Crippen LogP contribution in [0, 0.1) is 0 Å². The van der Waals surface area contributed by atoms with Gasteiger partial charge in [-0.1, -0.05) is 59.9 Å². The van der Waals surface area contributed by atoms with Gasteiger partial charge in [-0.25, -0.2) is 9.79 Å². The average Bonchev–Trinajstić information content (AvgIpc) is 3.22. The molecule has 1 N–H and O–H groups in total. The predicted molar refractivity (Wildman–Crippen MR) is 139 cm³/mol. The number of nitrogens with zero attached hydrogens (tertiary/aromatic N) is 2. The number of aromatic carboxylic acids is 1. The standard InChI is InChI=1S/C29H22N2O4S/c1-35-21-13-10-19(11-14-21)26-23-15-12-18-4-2-3-5-22(18)25(23)30-29-31(26)27(32)24(36-29)16-17-6-8-20(9-7-17)28(33)34/h2-11,13-14,16,26H,12,15H2,1H3,(H,33,34)/b24-16+/t26-/m0/s1. The number of ether oxygens (including phenoxy) is 1. The van der Waals surface area contributed by atoms with E-state index in [-0.39, 0.29) is 17.2 Å². The minimum absolute atomic E-state index is 0.104. The number of thiazole rings is 1. The number of carboxylic acids is 1. The van der Waals surface area contributed by atoms with Crippen LogP contribution < -0.4 is 19.6 Å². The molecule has 0 spiro atoms. The summed E-state index contributed by atoms with van der Waals surface area (Å²) in [6.45, 7) is 0. The molecule has 6 nitrogen and oxygen atoms in total. The molecule has 0 saturated carbocycles. The number of methoxy groups -OCH3 is 1. The van der Waals surface area contributed by atoms with Crippen LogP contribution in [0.1, 0.15) is 45.1 Å². The number of benzene rings is 3. The Morgan fingerprint density at radius 3 is 2.53 bits per heavy atom. The normalized spacial score (nSPS) is 16.6. The van der Waals surface area contributed by atoms with Gasteiger partial charge in [-0.3, -0.25) is 9.36 Å². The summed E-state index contributed by atoms with van der Waals surface area (Å²) in [7, 11) is 1.64. The minimum Gasteiger partial charge on any atom is -0.497 e. The molecule has 36 heavy (non-hydrogen) atoms. The van der Waals surface area contributed by atoms with E-state index >= 15 is 0 Å². The number of rotatable bonds is 4. The molecule has 6 rings (SSSR count). The second kappa shape index (κ2) is 8.77. The van der Waals surface area contributed by atoms with Crippen molar-refractivity contribution >= 4 is 29.1 Å². The maximum atomic E-state index is 13.8. The van der Waals surface area contributed by atoms with Gasteiger partial charge >= 0.3 is 5.97 Å². The number of carboxylic acid groups (broad SMARTS) is 1. The second-order valence-electron chi connectivity index (χ2n) is 8.81. The maximum absolute atomic E-state index is 13.8. The largest absolute Gasteiger partial charge is 0.497 e. The first-order valence-corrected chi connectivity index (χ1v) is 12.5. The Bertz CT molecular complexity index is 1710. The molecule has 1 atom stereocenters. The summed E-state index contributed by atoms with van der Waals surface area (Å²) < 4.78 is 7.72. The maximum Gasteiger partial charge on any atom is 0.335 e. The molecule has 4 aromatic rings. The van der Waals surface area contributed by atoms with Crippen molar-refractivity contribution in [1.29, 1.82) is 0 Å². The lowest BCUT2D eigenvalue weighted by molar-refractivity contribution is 0.0697. The zero-order valence-electron chi connectivity index (χ0n) is 19.5. The van der Waals surface area contributed by atoms with Crippen LogP contribution >= 0.6 is 11.3 Å². The first kappa shape index (κ1) is 22.2. The molecule has 0 bridgehead atoms. The molecule has 1 aliphatic heterocycles. The molecule has 0 radical (unpaired) electrons. The molecule has 0 amide bonds. The summed E-state index contributed by atoms with van der Waals surface area (Å²) in [5, 5.41) is 9.18. The molecule has 7 heteroatoms. The molecule has 2 aliphatic rings. The Kier molecular flexibility index (Phi) is 5.42. The molecule has 178 valence electrons. The van der Waals surface area contributed by atoms with Gasteiger partial charge < -0.3 is 9.84 Å². The van der Waals surface area contributed by atoms with E-state index in [1.807, 2.05) is 30.3 Å². The third kappa shape index (κ3) is 3.69.